The first-order valence-corrected chi connectivity index (χ1v) is 8.06. The first kappa shape index (κ1) is 14.2. The van der Waals surface area contributed by atoms with Gasteiger partial charge in [-0.2, -0.15) is 0 Å². The molecule has 2 fully saturated rings. The molecule has 0 aromatic carbocycles. The molecule has 0 aromatic heterocycles. The van der Waals surface area contributed by atoms with Crippen LogP contribution in [0, 0.1) is 11.3 Å². The van der Waals surface area contributed by atoms with Crippen molar-refractivity contribution in [1.82, 2.24) is 5.32 Å². The van der Waals surface area contributed by atoms with Crippen molar-refractivity contribution in [2.24, 2.45) is 16.3 Å². The van der Waals surface area contributed by atoms with E-state index >= 15 is 0 Å². The highest BCUT2D eigenvalue weighted by Crippen LogP contribution is 2.27. The zero-order chi connectivity index (χ0) is 13.0. The van der Waals surface area contributed by atoms with Gasteiger partial charge in [-0.15, -0.1) is 0 Å². The van der Waals surface area contributed by atoms with Gasteiger partial charge in [0, 0.05) is 31.6 Å². The lowest BCUT2D eigenvalue weighted by atomic mass is 9.85. The molecule has 0 aliphatic carbocycles. The SMILES string of the molecule is CC(C)(C)C1CCSC(=NCCC2CCOC2)N1. The maximum atomic E-state index is 5.39. The molecule has 2 rings (SSSR count). The third kappa shape index (κ3) is 4.16. The Kier molecular flexibility index (Phi) is 4.96. The molecule has 1 N–H and O–H groups in total. The molecular weight excluding hydrogens is 244 g/mol. The molecule has 0 amide bonds. The van der Waals surface area contributed by atoms with Gasteiger partial charge in [-0.1, -0.05) is 32.5 Å². The molecule has 2 unspecified atom stereocenters. The van der Waals surface area contributed by atoms with Crippen LogP contribution in [-0.4, -0.2) is 36.7 Å². The predicted molar refractivity (Wildman–Crippen MR) is 79.3 cm³/mol. The second-order valence-electron chi connectivity index (χ2n) is 6.41. The van der Waals surface area contributed by atoms with E-state index in [1.807, 2.05) is 11.8 Å². The molecule has 2 saturated heterocycles. The maximum Gasteiger partial charge on any atom is 0.156 e. The van der Waals surface area contributed by atoms with E-state index in [0.29, 0.717) is 11.5 Å². The van der Waals surface area contributed by atoms with Gasteiger partial charge < -0.3 is 10.1 Å². The normalized spacial score (nSPS) is 31.6. The monoisotopic (exact) mass is 270 g/mol. The van der Waals surface area contributed by atoms with Crippen molar-refractivity contribution < 1.29 is 4.74 Å². The van der Waals surface area contributed by atoms with Gasteiger partial charge in [0.15, 0.2) is 5.17 Å². The zero-order valence-corrected chi connectivity index (χ0v) is 12.7. The number of thioether (sulfide) groups is 1. The fourth-order valence-electron chi connectivity index (χ4n) is 2.44. The van der Waals surface area contributed by atoms with Crippen LogP contribution in [0.1, 0.15) is 40.0 Å². The summed E-state index contributed by atoms with van der Waals surface area (Å²) < 4.78 is 5.39. The summed E-state index contributed by atoms with van der Waals surface area (Å²) in [5, 5.41) is 4.75. The van der Waals surface area contributed by atoms with Crippen LogP contribution in [-0.2, 0) is 4.74 Å². The molecule has 0 radical (unpaired) electrons. The van der Waals surface area contributed by atoms with Crippen LogP contribution in [0.15, 0.2) is 4.99 Å². The van der Waals surface area contributed by atoms with Crippen LogP contribution >= 0.6 is 11.8 Å². The van der Waals surface area contributed by atoms with Crippen molar-refractivity contribution in [2.75, 3.05) is 25.5 Å². The number of nitrogens with one attached hydrogen (secondary N) is 1. The summed E-state index contributed by atoms with van der Waals surface area (Å²) in [7, 11) is 0. The van der Waals surface area contributed by atoms with Crippen molar-refractivity contribution in [3.63, 3.8) is 0 Å². The molecule has 0 spiro atoms. The standard InChI is InChI=1S/C14H26N2OS/c1-14(2,3)12-6-9-18-13(16-12)15-7-4-11-5-8-17-10-11/h11-12H,4-10H2,1-3H3,(H,15,16). The number of aliphatic imine (C=N–C) groups is 1. The molecule has 2 aliphatic heterocycles. The molecule has 2 atom stereocenters. The highest BCUT2D eigenvalue weighted by Gasteiger charge is 2.28. The minimum absolute atomic E-state index is 0.320. The van der Waals surface area contributed by atoms with E-state index in [2.05, 4.69) is 26.1 Å². The van der Waals surface area contributed by atoms with Gasteiger partial charge in [0.25, 0.3) is 0 Å². The summed E-state index contributed by atoms with van der Waals surface area (Å²) in [4.78, 5) is 4.72. The summed E-state index contributed by atoms with van der Waals surface area (Å²) in [6, 6.07) is 0.562. The average Bonchev–Trinajstić information content (AvgIpc) is 2.81. The fraction of sp³-hybridized carbons (Fsp3) is 0.929. The van der Waals surface area contributed by atoms with E-state index < -0.39 is 0 Å². The highest BCUT2D eigenvalue weighted by molar-refractivity contribution is 8.13. The van der Waals surface area contributed by atoms with Crippen molar-refractivity contribution in [3.05, 3.63) is 0 Å². The topological polar surface area (TPSA) is 33.6 Å². The lowest BCUT2D eigenvalue weighted by molar-refractivity contribution is 0.184. The second kappa shape index (κ2) is 6.29. The molecule has 0 aromatic rings. The number of rotatable bonds is 3. The summed E-state index contributed by atoms with van der Waals surface area (Å²) in [6.07, 6.45) is 3.63. The molecule has 18 heavy (non-hydrogen) atoms. The van der Waals surface area contributed by atoms with E-state index in [-0.39, 0.29) is 0 Å². The lowest BCUT2D eigenvalue weighted by Crippen LogP contribution is -2.46. The van der Waals surface area contributed by atoms with Crippen LogP contribution in [0.4, 0.5) is 0 Å². The highest BCUT2D eigenvalue weighted by atomic mass is 32.2. The molecular formula is C14H26N2OS. The predicted octanol–water partition coefficient (Wildman–Crippen LogP) is 2.91. The maximum absolute atomic E-state index is 5.39. The largest absolute Gasteiger partial charge is 0.381 e. The molecule has 4 heteroatoms. The van der Waals surface area contributed by atoms with Gasteiger partial charge in [0.2, 0.25) is 0 Å². The zero-order valence-electron chi connectivity index (χ0n) is 11.9. The minimum atomic E-state index is 0.320. The average molecular weight is 270 g/mol. The van der Waals surface area contributed by atoms with Gasteiger partial charge in [0.1, 0.15) is 0 Å². The van der Waals surface area contributed by atoms with Crippen molar-refractivity contribution in [3.8, 4) is 0 Å². The third-order valence-electron chi connectivity index (χ3n) is 3.81. The summed E-state index contributed by atoms with van der Waals surface area (Å²) >= 11 is 1.87. The van der Waals surface area contributed by atoms with Crippen LogP contribution in [0.2, 0.25) is 0 Å². The number of hydrogen-bond acceptors (Lipinski definition) is 3. The molecule has 2 heterocycles. The van der Waals surface area contributed by atoms with E-state index in [1.54, 1.807) is 0 Å². The van der Waals surface area contributed by atoms with Crippen LogP contribution in [0.5, 0.6) is 0 Å². The van der Waals surface area contributed by atoms with Gasteiger partial charge in [-0.05, 0) is 30.6 Å². The third-order valence-corrected chi connectivity index (χ3v) is 4.77. The Morgan fingerprint density at radius 2 is 2.22 bits per heavy atom. The molecule has 3 nitrogen and oxygen atoms in total. The Morgan fingerprint density at radius 3 is 2.89 bits per heavy atom. The Hall–Kier alpha value is -0.220. The van der Waals surface area contributed by atoms with Crippen molar-refractivity contribution >= 4 is 16.9 Å². The molecule has 2 aliphatic rings. The van der Waals surface area contributed by atoms with Gasteiger partial charge in [0.05, 0.1) is 0 Å². The molecule has 0 saturated carbocycles. The number of amidine groups is 1. The summed E-state index contributed by atoms with van der Waals surface area (Å²) in [6.45, 7) is 9.73. The summed E-state index contributed by atoms with van der Waals surface area (Å²) in [5.74, 6) is 1.93. The van der Waals surface area contributed by atoms with E-state index in [1.165, 1.54) is 25.0 Å². The van der Waals surface area contributed by atoms with Crippen molar-refractivity contribution in [2.45, 2.75) is 46.1 Å². The van der Waals surface area contributed by atoms with E-state index in [0.717, 1.165) is 30.8 Å². The smallest absolute Gasteiger partial charge is 0.156 e. The Labute approximate surface area is 115 Å². The number of hydrogen-bond donors (Lipinski definition) is 1. The molecule has 0 bridgehead atoms. The van der Waals surface area contributed by atoms with E-state index in [9.17, 15) is 0 Å². The number of nitrogens with zero attached hydrogens (tertiary/aromatic N) is 1. The first-order chi connectivity index (χ1) is 8.55. The van der Waals surface area contributed by atoms with Crippen LogP contribution in [0.25, 0.3) is 0 Å². The van der Waals surface area contributed by atoms with Gasteiger partial charge >= 0.3 is 0 Å². The quantitative estimate of drug-likeness (QED) is 0.856. The second-order valence-corrected chi connectivity index (χ2v) is 7.49. The molecule has 104 valence electrons. The minimum Gasteiger partial charge on any atom is -0.381 e. The lowest BCUT2D eigenvalue weighted by Gasteiger charge is -2.35. The van der Waals surface area contributed by atoms with Crippen LogP contribution < -0.4 is 5.32 Å². The Morgan fingerprint density at radius 1 is 1.39 bits per heavy atom. The summed E-state index contributed by atoms with van der Waals surface area (Å²) in [5.41, 5.74) is 0.320. The van der Waals surface area contributed by atoms with Gasteiger partial charge in [-0.25, -0.2) is 0 Å². The van der Waals surface area contributed by atoms with Crippen molar-refractivity contribution in [1.29, 1.82) is 0 Å². The van der Waals surface area contributed by atoms with E-state index in [4.69, 9.17) is 9.73 Å². The Balaban J connectivity index is 1.77. The first-order valence-electron chi connectivity index (χ1n) is 7.07. The fourth-order valence-corrected chi connectivity index (χ4v) is 3.39. The van der Waals surface area contributed by atoms with Crippen LogP contribution in [0.3, 0.4) is 0 Å². The Bertz CT molecular complexity index is 293. The number of ether oxygens (including phenoxy) is 1. The van der Waals surface area contributed by atoms with Gasteiger partial charge in [-0.3, -0.25) is 4.99 Å².